The zero-order valence-corrected chi connectivity index (χ0v) is 13.9. The molecule has 1 N–H and O–H groups in total. The fraction of sp³-hybridized carbons (Fsp3) is 0.200. The van der Waals surface area contributed by atoms with Gasteiger partial charge in [0, 0.05) is 11.3 Å². The van der Waals surface area contributed by atoms with E-state index < -0.39 is 0 Å². The van der Waals surface area contributed by atoms with Crippen LogP contribution in [0.1, 0.15) is 36.2 Å². The van der Waals surface area contributed by atoms with Crippen LogP contribution in [0.4, 0.5) is 5.69 Å². The third-order valence-corrected chi connectivity index (χ3v) is 3.36. The quantitative estimate of drug-likeness (QED) is 0.637. The molecule has 2 aromatic carbocycles. The molecule has 4 nitrogen and oxygen atoms in total. The van der Waals surface area contributed by atoms with Gasteiger partial charge in [-0.05, 0) is 49.2 Å². The Balaban J connectivity index is 1.99. The van der Waals surface area contributed by atoms with E-state index >= 15 is 0 Å². The number of carbonyl (C=O) groups excluding carboxylic acids is 2. The minimum Gasteiger partial charge on any atom is -0.462 e. The van der Waals surface area contributed by atoms with Crippen molar-refractivity contribution in [3.63, 3.8) is 0 Å². The Morgan fingerprint density at radius 1 is 1.04 bits per heavy atom. The van der Waals surface area contributed by atoms with Crippen LogP contribution in [0, 0.1) is 0 Å². The fourth-order valence-corrected chi connectivity index (χ4v) is 2.06. The molecule has 0 saturated carbocycles. The number of rotatable bonds is 6. The van der Waals surface area contributed by atoms with Gasteiger partial charge in [0.1, 0.15) is 0 Å². The van der Waals surface area contributed by atoms with Crippen LogP contribution in [0.3, 0.4) is 0 Å². The highest BCUT2D eigenvalue weighted by Gasteiger charge is 2.08. The third-order valence-electron chi connectivity index (χ3n) is 3.36. The average Bonchev–Trinajstić information content (AvgIpc) is 2.61. The van der Waals surface area contributed by atoms with Gasteiger partial charge < -0.3 is 10.1 Å². The molecule has 0 radical (unpaired) electrons. The van der Waals surface area contributed by atoms with E-state index in [1.807, 2.05) is 43.3 Å². The van der Waals surface area contributed by atoms with E-state index in [0.29, 0.717) is 23.4 Å². The van der Waals surface area contributed by atoms with Crippen molar-refractivity contribution in [3.05, 3.63) is 71.3 Å². The number of hydrogen-bond donors (Lipinski definition) is 1. The minimum absolute atomic E-state index is 0.180. The van der Waals surface area contributed by atoms with Crippen LogP contribution < -0.4 is 5.32 Å². The molecule has 0 atom stereocenters. The monoisotopic (exact) mass is 323 g/mol. The van der Waals surface area contributed by atoms with Crippen molar-refractivity contribution in [1.82, 2.24) is 0 Å². The molecule has 2 rings (SSSR count). The van der Waals surface area contributed by atoms with E-state index in [0.717, 1.165) is 12.0 Å². The van der Waals surface area contributed by atoms with Crippen LogP contribution in [0.2, 0.25) is 0 Å². The maximum Gasteiger partial charge on any atom is 0.338 e. The zero-order valence-electron chi connectivity index (χ0n) is 13.9. The summed E-state index contributed by atoms with van der Waals surface area (Å²) in [6, 6.07) is 16.3. The van der Waals surface area contributed by atoms with Crippen molar-refractivity contribution < 1.29 is 14.3 Å². The van der Waals surface area contributed by atoms with Crippen LogP contribution >= 0.6 is 0 Å². The first-order valence-corrected chi connectivity index (χ1v) is 7.92. The van der Waals surface area contributed by atoms with Gasteiger partial charge in [-0.1, -0.05) is 37.3 Å². The lowest BCUT2D eigenvalue weighted by Crippen LogP contribution is -2.13. The number of anilines is 1. The smallest absolute Gasteiger partial charge is 0.338 e. The first-order valence-electron chi connectivity index (χ1n) is 7.92. The topological polar surface area (TPSA) is 55.4 Å². The number of hydrogen-bond acceptors (Lipinski definition) is 3. The summed E-state index contributed by atoms with van der Waals surface area (Å²) < 4.78 is 5.07. The average molecular weight is 323 g/mol. The Morgan fingerprint density at radius 3 is 2.33 bits per heavy atom. The number of nitrogens with one attached hydrogen (secondary N) is 1. The SMILES string of the molecule is CCCOC(=O)c1ccc(NC(=O)C(C)=Cc2ccccc2)cc1. The Hall–Kier alpha value is -2.88. The number of carbonyl (C=O) groups is 2. The summed E-state index contributed by atoms with van der Waals surface area (Å²) in [7, 11) is 0. The molecule has 0 heterocycles. The van der Waals surface area contributed by atoms with Gasteiger partial charge in [-0.2, -0.15) is 0 Å². The molecule has 0 aliphatic carbocycles. The van der Waals surface area contributed by atoms with Gasteiger partial charge in [-0.3, -0.25) is 4.79 Å². The first kappa shape index (κ1) is 17.5. The van der Waals surface area contributed by atoms with Crippen LogP contribution in [-0.2, 0) is 9.53 Å². The fourth-order valence-electron chi connectivity index (χ4n) is 2.06. The van der Waals surface area contributed by atoms with Gasteiger partial charge >= 0.3 is 5.97 Å². The van der Waals surface area contributed by atoms with Crippen molar-refractivity contribution in [2.75, 3.05) is 11.9 Å². The molecule has 0 saturated heterocycles. The van der Waals surface area contributed by atoms with Crippen LogP contribution in [0.25, 0.3) is 6.08 Å². The van der Waals surface area contributed by atoms with Gasteiger partial charge in [0.2, 0.25) is 0 Å². The number of amides is 1. The molecular weight excluding hydrogens is 302 g/mol. The van der Waals surface area contributed by atoms with Crippen molar-refractivity contribution in [2.45, 2.75) is 20.3 Å². The minimum atomic E-state index is -0.352. The van der Waals surface area contributed by atoms with E-state index in [9.17, 15) is 9.59 Å². The van der Waals surface area contributed by atoms with E-state index in [4.69, 9.17) is 4.74 Å². The summed E-state index contributed by atoms with van der Waals surface area (Å²) in [4.78, 5) is 23.9. The number of esters is 1. The van der Waals surface area contributed by atoms with E-state index in [-0.39, 0.29) is 11.9 Å². The van der Waals surface area contributed by atoms with Crippen molar-refractivity contribution in [3.8, 4) is 0 Å². The second kappa shape index (κ2) is 8.67. The standard InChI is InChI=1S/C20H21NO3/c1-3-13-24-20(23)17-9-11-18(12-10-17)21-19(22)15(2)14-16-7-5-4-6-8-16/h4-12,14H,3,13H2,1-2H3,(H,21,22). The molecule has 0 spiro atoms. The molecule has 2 aromatic rings. The highest BCUT2D eigenvalue weighted by Crippen LogP contribution is 2.13. The lowest BCUT2D eigenvalue weighted by Gasteiger charge is -2.07. The van der Waals surface area contributed by atoms with E-state index in [1.54, 1.807) is 31.2 Å². The van der Waals surface area contributed by atoms with Gasteiger partial charge in [-0.15, -0.1) is 0 Å². The maximum atomic E-state index is 12.2. The summed E-state index contributed by atoms with van der Waals surface area (Å²) >= 11 is 0. The molecule has 124 valence electrons. The molecule has 4 heteroatoms. The molecule has 24 heavy (non-hydrogen) atoms. The highest BCUT2D eigenvalue weighted by atomic mass is 16.5. The first-order chi connectivity index (χ1) is 11.6. The summed E-state index contributed by atoms with van der Waals surface area (Å²) in [6.07, 6.45) is 2.61. The Kier molecular flexibility index (Phi) is 6.32. The zero-order chi connectivity index (χ0) is 17.4. The predicted molar refractivity (Wildman–Crippen MR) is 95.7 cm³/mol. The van der Waals surface area contributed by atoms with Gasteiger partial charge in [0.05, 0.1) is 12.2 Å². The lowest BCUT2D eigenvalue weighted by atomic mass is 10.1. The van der Waals surface area contributed by atoms with E-state index in [2.05, 4.69) is 5.32 Å². The van der Waals surface area contributed by atoms with Crippen molar-refractivity contribution >= 4 is 23.6 Å². The second-order valence-corrected chi connectivity index (χ2v) is 5.41. The van der Waals surface area contributed by atoms with Crippen molar-refractivity contribution in [1.29, 1.82) is 0 Å². The number of ether oxygens (including phenoxy) is 1. The summed E-state index contributed by atoms with van der Waals surface area (Å²) in [5.74, 6) is -0.532. The molecule has 0 bridgehead atoms. The lowest BCUT2D eigenvalue weighted by molar-refractivity contribution is -0.112. The summed E-state index contributed by atoms with van der Waals surface area (Å²) in [6.45, 7) is 4.11. The summed E-state index contributed by atoms with van der Waals surface area (Å²) in [5, 5.41) is 2.81. The molecule has 1 amide bonds. The van der Waals surface area contributed by atoms with E-state index in [1.165, 1.54) is 0 Å². The Labute approximate surface area is 142 Å². The maximum absolute atomic E-state index is 12.2. The van der Waals surface area contributed by atoms with Crippen LogP contribution in [0.5, 0.6) is 0 Å². The highest BCUT2D eigenvalue weighted by molar-refractivity contribution is 6.06. The largest absolute Gasteiger partial charge is 0.462 e. The molecule has 0 aliphatic rings. The van der Waals surface area contributed by atoms with Gasteiger partial charge in [0.15, 0.2) is 0 Å². The van der Waals surface area contributed by atoms with Gasteiger partial charge in [0.25, 0.3) is 5.91 Å². The molecular formula is C20H21NO3. The Bertz CT molecular complexity index is 718. The van der Waals surface area contributed by atoms with Gasteiger partial charge in [-0.25, -0.2) is 4.79 Å². The second-order valence-electron chi connectivity index (χ2n) is 5.41. The number of benzene rings is 2. The van der Waals surface area contributed by atoms with Crippen molar-refractivity contribution in [2.24, 2.45) is 0 Å². The normalized spacial score (nSPS) is 11.0. The Morgan fingerprint density at radius 2 is 1.71 bits per heavy atom. The van der Waals surface area contributed by atoms with Crippen LogP contribution in [0.15, 0.2) is 60.2 Å². The van der Waals surface area contributed by atoms with Crippen LogP contribution in [-0.4, -0.2) is 18.5 Å². The molecule has 0 unspecified atom stereocenters. The molecule has 0 aliphatic heterocycles. The molecule has 0 aromatic heterocycles. The predicted octanol–water partition coefficient (Wildman–Crippen LogP) is 4.30. The molecule has 0 fully saturated rings. The summed E-state index contributed by atoms with van der Waals surface area (Å²) in [5.41, 5.74) is 2.68. The third kappa shape index (κ3) is 5.09.